The number of aromatic nitrogens is 4. The van der Waals surface area contributed by atoms with Gasteiger partial charge < -0.3 is 0 Å². The fourth-order valence-corrected chi connectivity index (χ4v) is 2.76. The highest BCUT2D eigenvalue weighted by Gasteiger charge is 2.17. The topological polar surface area (TPSA) is 67.2 Å². The second-order valence-electron chi connectivity index (χ2n) is 5.85. The average Bonchev–Trinajstić information content (AvgIpc) is 2.58. The summed E-state index contributed by atoms with van der Waals surface area (Å²) in [5, 5.41) is 4.28. The van der Waals surface area contributed by atoms with Crippen LogP contribution >= 0.6 is 0 Å². The Morgan fingerprint density at radius 1 is 1.04 bits per heavy atom. The first-order valence-corrected chi connectivity index (χ1v) is 7.95. The molecular formula is C16H22N6O. The lowest BCUT2D eigenvalue weighted by molar-refractivity contribution is 0.121. The lowest BCUT2D eigenvalue weighted by Crippen LogP contribution is -2.47. The van der Waals surface area contributed by atoms with Crippen molar-refractivity contribution in [1.29, 1.82) is 0 Å². The second kappa shape index (κ2) is 7.43. The van der Waals surface area contributed by atoms with Crippen LogP contribution in [0.25, 0.3) is 0 Å². The van der Waals surface area contributed by atoms with Gasteiger partial charge in [0.25, 0.3) is 5.56 Å². The van der Waals surface area contributed by atoms with E-state index in [-0.39, 0.29) is 5.56 Å². The predicted molar refractivity (Wildman–Crippen MR) is 87.0 cm³/mol. The molecule has 0 unspecified atom stereocenters. The van der Waals surface area contributed by atoms with Crippen LogP contribution in [0.15, 0.2) is 35.5 Å². The Balaban J connectivity index is 1.46. The minimum atomic E-state index is -0.0296. The van der Waals surface area contributed by atoms with Gasteiger partial charge in [-0.15, -0.1) is 0 Å². The first-order valence-electron chi connectivity index (χ1n) is 7.95. The molecule has 0 N–H and O–H groups in total. The summed E-state index contributed by atoms with van der Waals surface area (Å²) in [6.45, 7) is 8.32. The summed E-state index contributed by atoms with van der Waals surface area (Å²) in [5.41, 5.74) is 1.90. The molecule has 0 radical (unpaired) electrons. The molecule has 3 rings (SSSR count). The van der Waals surface area contributed by atoms with Crippen LogP contribution in [0, 0.1) is 6.92 Å². The van der Waals surface area contributed by atoms with Crippen LogP contribution in [0.4, 0.5) is 0 Å². The number of rotatable bonds is 5. The van der Waals surface area contributed by atoms with E-state index in [9.17, 15) is 4.79 Å². The van der Waals surface area contributed by atoms with Crippen molar-refractivity contribution in [3.63, 3.8) is 0 Å². The van der Waals surface area contributed by atoms with E-state index in [1.54, 1.807) is 29.3 Å². The van der Waals surface area contributed by atoms with Crippen LogP contribution < -0.4 is 5.56 Å². The highest BCUT2D eigenvalue weighted by Crippen LogP contribution is 2.06. The zero-order valence-corrected chi connectivity index (χ0v) is 13.4. The monoisotopic (exact) mass is 314 g/mol. The normalized spacial score (nSPS) is 16.6. The molecule has 122 valence electrons. The Morgan fingerprint density at radius 2 is 1.83 bits per heavy atom. The summed E-state index contributed by atoms with van der Waals surface area (Å²) in [7, 11) is 0. The van der Waals surface area contributed by atoms with Crippen LogP contribution in [0.2, 0.25) is 0 Å². The molecule has 0 amide bonds. The molecule has 3 heterocycles. The number of hydrogen-bond donors (Lipinski definition) is 0. The first kappa shape index (κ1) is 15.8. The van der Waals surface area contributed by atoms with Gasteiger partial charge in [-0.25, -0.2) is 14.6 Å². The van der Waals surface area contributed by atoms with Gasteiger partial charge in [0.15, 0.2) is 0 Å². The summed E-state index contributed by atoms with van der Waals surface area (Å²) >= 11 is 0. The van der Waals surface area contributed by atoms with Gasteiger partial charge in [0.05, 0.1) is 17.9 Å². The van der Waals surface area contributed by atoms with E-state index in [0.717, 1.165) is 50.7 Å². The van der Waals surface area contributed by atoms with Gasteiger partial charge >= 0.3 is 0 Å². The molecule has 1 aliphatic heterocycles. The van der Waals surface area contributed by atoms with Gasteiger partial charge in [0.1, 0.15) is 6.33 Å². The minimum Gasteiger partial charge on any atom is -0.299 e. The molecule has 0 aliphatic carbocycles. The second-order valence-corrected chi connectivity index (χ2v) is 5.85. The molecule has 0 bridgehead atoms. The van der Waals surface area contributed by atoms with Crippen molar-refractivity contribution in [2.24, 2.45) is 0 Å². The summed E-state index contributed by atoms with van der Waals surface area (Å²) in [6.07, 6.45) is 3.38. The van der Waals surface area contributed by atoms with Gasteiger partial charge in [-0.1, -0.05) is 0 Å². The molecule has 1 fully saturated rings. The number of piperazine rings is 1. The van der Waals surface area contributed by atoms with Crippen molar-refractivity contribution >= 4 is 0 Å². The maximum atomic E-state index is 11.8. The first-order chi connectivity index (χ1) is 11.2. The van der Waals surface area contributed by atoms with Crippen LogP contribution in [0.3, 0.4) is 0 Å². The third kappa shape index (κ3) is 4.43. The lowest BCUT2D eigenvalue weighted by Gasteiger charge is -2.34. The highest BCUT2D eigenvalue weighted by molar-refractivity contribution is 4.98. The lowest BCUT2D eigenvalue weighted by atomic mass is 10.3. The van der Waals surface area contributed by atoms with Crippen LogP contribution in [0.5, 0.6) is 0 Å². The fraction of sp³-hybridized carbons (Fsp3) is 0.500. The third-order valence-electron chi connectivity index (χ3n) is 4.12. The quantitative estimate of drug-likeness (QED) is 0.783. The standard InChI is InChI=1S/C16H22N6O/c1-14-2-3-16(23)22(19-14)11-10-20-6-8-21(9-7-20)12-15-4-5-17-13-18-15/h2-5,13H,6-12H2,1H3. The molecule has 0 saturated carbocycles. The summed E-state index contributed by atoms with van der Waals surface area (Å²) in [5.74, 6) is 0. The zero-order valence-electron chi connectivity index (χ0n) is 13.4. The Labute approximate surface area is 135 Å². The number of aryl methyl sites for hydroxylation is 1. The predicted octanol–water partition coefficient (Wildman–Crippen LogP) is 0.160. The van der Waals surface area contributed by atoms with E-state index in [2.05, 4.69) is 24.9 Å². The summed E-state index contributed by atoms with van der Waals surface area (Å²) in [6, 6.07) is 5.30. The summed E-state index contributed by atoms with van der Waals surface area (Å²) in [4.78, 5) is 24.8. The molecule has 2 aromatic rings. The van der Waals surface area contributed by atoms with E-state index in [1.165, 1.54) is 0 Å². The van der Waals surface area contributed by atoms with Crippen LogP contribution in [0.1, 0.15) is 11.4 Å². The Bertz CT molecular complexity index is 678. The highest BCUT2D eigenvalue weighted by atomic mass is 16.1. The van der Waals surface area contributed by atoms with E-state index < -0.39 is 0 Å². The summed E-state index contributed by atoms with van der Waals surface area (Å²) < 4.78 is 1.56. The van der Waals surface area contributed by atoms with Crippen molar-refractivity contribution in [3.8, 4) is 0 Å². The fourth-order valence-electron chi connectivity index (χ4n) is 2.76. The van der Waals surface area contributed by atoms with Crippen LogP contribution in [-0.2, 0) is 13.1 Å². The Kier molecular flexibility index (Phi) is 5.09. The Hall–Kier alpha value is -2.12. The largest absolute Gasteiger partial charge is 0.299 e. The minimum absolute atomic E-state index is 0.0296. The smallest absolute Gasteiger partial charge is 0.266 e. The molecular weight excluding hydrogens is 292 g/mol. The molecule has 2 aromatic heterocycles. The number of nitrogens with zero attached hydrogens (tertiary/aromatic N) is 6. The van der Waals surface area contributed by atoms with Crippen molar-refractivity contribution in [2.75, 3.05) is 32.7 Å². The third-order valence-corrected chi connectivity index (χ3v) is 4.12. The molecule has 1 aliphatic rings. The van der Waals surface area contributed by atoms with Crippen molar-refractivity contribution in [2.45, 2.75) is 20.0 Å². The van der Waals surface area contributed by atoms with Crippen molar-refractivity contribution < 1.29 is 0 Å². The van der Waals surface area contributed by atoms with E-state index >= 15 is 0 Å². The van der Waals surface area contributed by atoms with Gasteiger partial charge in [0, 0.05) is 51.5 Å². The molecule has 7 heteroatoms. The molecule has 0 aromatic carbocycles. The maximum Gasteiger partial charge on any atom is 0.266 e. The van der Waals surface area contributed by atoms with E-state index in [0.29, 0.717) is 6.54 Å². The van der Waals surface area contributed by atoms with E-state index in [4.69, 9.17) is 0 Å². The molecule has 23 heavy (non-hydrogen) atoms. The Morgan fingerprint density at radius 3 is 2.57 bits per heavy atom. The van der Waals surface area contributed by atoms with Crippen LogP contribution in [-0.4, -0.2) is 62.3 Å². The number of hydrogen-bond acceptors (Lipinski definition) is 6. The zero-order chi connectivity index (χ0) is 16.1. The molecule has 0 atom stereocenters. The average molecular weight is 314 g/mol. The maximum absolute atomic E-state index is 11.8. The molecule has 7 nitrogen and oxygen atoms in total. The SMILES string of the molecule is Cc1ccc(=O)n(CCN2CCN(Cc3ccncn3)CC2)n1. The molecule has 1 saturated heterocycles. The van der Waals surface area contributed by atoms with Crippen molar-refractivity contribution in [3.05, 3.63) is 52.5 Å². The van der Waals surface area contributed by atoms with Gasteiger partial charge in [-0.05, 0) is 19.1 Å². The van der Waals surface area contributed by atoms with E-state index in [1.807, 2.05) is 13.0 Å². The van der Waals surface area contributed by atoms with Gasteiger partial charge in [-0.3, -0.25) is 14.6 Å². The molecule has 0 spiro atoms. The van der Waals surface area contributed by atoms with Gasteiger partial charge in [-0.2, -0.15) is 5.10 Å². The van der Waals surface area contributed by atoms with Crippen molar-refractivity contribution in [1.82, 2.24) is 29.5 Å². The van der Waals surface area contributed by atoms with Gasteiger partial charge in [0.2, 0.25) is 0 Å².